The molecule has 21 heavy (non-hydrogen) atoms. The Kier molecular flexibility index (Phi) is 7.72. The van der Waals surface area contributed by atoms with E-state index < -0.39 is 0 Å². The van der Waals surface area contributed by atoms with Crippen LogP contribution in [0.5, 0.6) is 0 Å². The van der Waals surface area contributed by atoms with Gasteiger partial charge >= 0.3 is 0 Å². The molecular weight excluding hydrogens is 260 g/mol. The third kappa shape index (κ3) is 5.28. The van der Waals surface area contributed by atoms with Crippen molar-refractivity contribution < 1.29 is 4.79 Å². The number of carbonyl (C=O) groups is 1. The molecule has 1 aliphatic rings. The van der Waals surface area contributed by atoms with Crippen LogP contribution in [0.4, 0.5) is 0 Å². The number of hydrogen-bond donors (Lipinski definition) is 2. The van der Waals surface area contributed by atoms with Crippen molar-refractivity contribution in [1.82, 2.24) is 5.32 Å². The molecule has 3 heteroatoms. The fraction of sp³-hybridized carbons (Fsp3) is 0.944. The van der Waals surface area contributed by atoms with Crippen molar-refractivity contribution in [3.05, 3.63) is 0 Å². The van der Waals surface area contributed by atoms with Crippen LogP contribution >= 0.6 is 0 Å². The second kappa shape index (κ2) is 8.77. The third-order valence-corrected chi connectivity index (χ3v) is 5.65. The van der Waals surface area contributed by atoms with Crippen LogP contribution in [0.3, 0.4) is 0 Å². The summed E-state index contributed by atoms with van der Waals surface area (Å²) in [6, 6.07) is 0.239. The highest BCUT2D eigenvalue weighted by molar-refractivity contribution is 5.79. The molecule has 124 valence electrons. The van der Waals surface area contributed by atoms with Gasteiger partial charge < -0.3 is 11.1 Å². The molecule has 0 aromatic heterocycles. The van der Waals surface area contributed by atoms with Gasteiger partial charge in [0.1, 0.15) is 0 Å². The molecule has 0 radical (unpaired) electrons. The molecule has 0 aromatic rings. The SMILES string of the molecule is CCCCCCCCNC(=O)C1CCC(N)C(C)C1(C)C. The number of nitrogens with two attached hydrogens (primary N) is 1. The number of hydrogen-bond acceptors (Lipinski definition) is 2. The van der Waals surface area contributed by atoms with Crippen LogP contribution in [-0.2, 0) is 4.79 Å². The van der Waals surface area contributed by atoms with E-state index in [1.807, 2.05) is 0 Å². The molecule has 0 saturated heterocycles. The van der Waals surface area contributed by atoms with Crippen LogP contribution < -0.4 is 11.1 Å². The van der Waals surface area contributed by atoms with Gasteiger partial charge in [0.25, 0.3) is 0 Å². The van der Waals surface area contributed by atoms with Gasteiger partial charge in [0.2, 0.25) is 5.91 Å². The van der Waals surface area contributed by atoms with Gasteiger partial charge in [-0.2, -0.15) is 0 Å². The molecule has 3 atom stereocenters. The van der Waals surface area contributed by atoms with Gasteiger partial charge in [-0.05, 0) is 30.6 Å². The first-order valence-corrected chi connectivity index (χ1v) is 8.94. The van der Waals surface area contributed by atoms with Gasteiger partial charge in [-0.15, -0.1) is 0 Å². The smallest absolute Gasteiger partial charge is 0.223 e. The summed E-state index contributed by atoms with van der Waals surface area (Å²) < 4.78 is 0. The minimum Gasteiger partial charge on any atom is -0.356 e. The fourth-order valence-electron chi connectivity index (χ4n) is 3.56. The zero-order chi connectivity index (χ0) is 15.9. The van der Waals surface area contributed by atoms with E-state index in [2.05, 4.69) is 33.0 Å². The highest BCUT2D eigenvalue weighted by Crippen LogP contribution is 2.44. The minimum absolute atomic E-state index is 0.00285. The summed E-state index contributed by atoms with van der Waals surface area (Å²) >= 11 is 0. The summed E-state index contributed by atoms with van der Waals surface area (Å²) in [5.41, 5.74) is 6.17. The van der Waals surface area contributed by atoms with E-state index in [9.17, 15) is 4.79 Å². The van der Waals surface area contributed by atoms with E-state index in [0.717, 1.165) is 25.8 Å². The number of rotatable bonds is 8. The number of carbonyl (C=O) groups excluding carboxylic acids is 1. The van der Waals surface area contributed by atoms with Gasteiger partial charge in [-0.25, -0.2) is 0 Å². The first-order valence-electron chi connectivity index (χ1n) is 8.94. The number of amides is 1. The van der Waals surface area contributed by atoms with Crippen LogP contribution in [0.2, 0.25) is 0 Å². The van der Waals surface area contributed by atoms with Crippen LogP contribution in [0.25, 0.3) is 0 Å². The maximum absolute atomic E-state index is 12.4. The summed E-state index contributed by atoms with van der Waals surface area (Å²) in [6.45, 7) is 9.66. The van der Waals surface area contributed by atoms with Crippen LogP contribution in [0.15, 0.2) is 0 Å². The third-order valence-electron chi connectivity index (χ3n) is 5.65. The Balaban J connectivity index is 2.28. The Morgan fingerprint density at radius 3 is 2.43 bits per heavy atom. The molecular formula is C18H36N2O. The summed E-state index contributed by atoms with van der Waals surface area (Å²) in [4.78, 5) is 12.4. The highest BCUT2D eigenvalue weighted by Gasteiger charge is 2.44. The first-order chi connectivity index (χ1) is 9.91. The Morgan fingerprint density at radius 1 is 1.14 bits per heavy atom. The topological polar surface area (TPSA) is 55.1 Å². The Hall–Kier alpha value is -0.570. The average Bonchev–Trinajstić information content (AvgIpc) is 2.43. The van der Waals surface area contributed by atoms with E-state index in [1.54, 1.807) is 0 Å². The van der Waals surface area contributed by atoms with Crippen molar-refractivity contribution in [2.75, 3.05) is 6.54 Å². The highest BCUT2D eigenvalue weighted by atomic mass is 16.1. The molecule has 0 heterocycles. The van der Waals surface area contributed by atoms with Gasteiger partial charge in [0, 0.05) is 18.5 Å². The summed E-state index contributed by atoms with van der Waals surface area (Å²) in [7, 11) is 0. The van der Waals surface area contributed by atoms with Gasteiger partial charge in [0.15, 0.2) is 0 Å². The average molecular weight is 296 g/mol. The van der Waals surface area contributed by atoms with Crippen LogP contribution in [-0.4, -0.2) is 18.5 Å². The summed E-state index contributed by atoms with van der Waals surface area (Å²) in [6.07, 6.45) is 9.49. The lowest BCUT2D eigenvalue weighted by molar-refractivity contribution is -0.132. The van der Waals surface area contributed by atoms with Crippen molar-refractivity contribution in [3.63, 3.8) is 0 Å². The monoisotopic (exact) mass is 296 g/mol. The van der Waals surface area contributed by atoms with Gasteiger partial charge in [-0.3, -0.25) is 4.79 Å². The molecule has 1 aliphatic carbocycles. The molecule has 0 aromatic carbocycles. The second-order valence-corrected chi connectivity index (χ2v) is 7.46. The number of unbranched alkanes of at least 4 members (excludes halogenated alkanes) is 5. The normalized spacial score (nSPS) is 28.3. The van der Waals surface area contributed by atoms with E-state index >= 15 is 0 Å². The predicted molar refractivity (Wildman–Crippen MR) is 90.0 cm³/mol. The molecule has 0 spiro atoms. The summed E-state index contributed by atoms with van der Waals surface area (Å²) in [5, 5.41) is 3.15. The van der Waals surface area contributed by atoms with E-state index in [1.165, 1.54) is 32.1 Å². The molecule has 3 N–H and O–H groups in total. The molecule has 1 fully saturated rings. The largest absolute Gasteiger partial charge is 0.356 e. The van der Waals surface area contributed by atoms with Gasteiger partial charge in [-0.1, -0.05) is 59.8 Å². The molecule has 0 aliphatic heterocycles. The molecule has 0 bridgehead atoms. The van der Waals surface area contributed by atoms with E-state index in [4.69, 9.17) is 5.73 Å². The van der Waals surface area contributed by atoms with E-state index in [0.29, 0.717) is 5.92 Å². The molecule has 1 saturated carbocycles. The summed E-state index contributed by atoms with van der Waals surface area (Å²) in [5.74, 6) is 0.760. The van der Waals surface area contributed by atoms with Crippen LogP contribution in [0.1, 0.15) is 79.1 Å². The van der Waals surface area contributed by atoms with Crippen molar-refractivity contribution in [2.45, 2.75) is 85.1 Å². The first kappa shape index (κ1) is 18.5. The lowest BCUT2D eigenvalue weighted by atomic mass is 9.61. The second-order valence-electron chi connectivity index (χ2n) is 7.46. The zero-order valence-electron chi connectivity index (χ0n) is 14.6. The predicted octanol–water partition coefficient (Wildman–Crippen LogP) is 3.86. The van der Waals surface area contributed by atoms with Crippen molar-refractivity contribution in [2.24, 2.45) is 23.0 Å². The van der Waals surface area contributed by atoms with Crippen molar-refractivity contribution in [3.8, 4) is 0 Å². The molecule has 3 nitrogen and oxygen atoms in total. The quantitative estimate of drug-likeness (QED) is 0.668. The molecule has 1 amide bonds. The minimum atomic E-state index is 0.00285. The number of nitrogens with one attached hydrogen (secondary N) is 1. The Labute approximate surface area is 131 Å². The maximum atomic E-state index is 12.4. The Morgan fingerprint density at radius 2 is 1.76 bits per heavy atom. The standard InChI is InChI=1S/C18H36N2O/c1-5-6-7-8-9-10-13-20-17(21)15-11-12-16(19)14(2)18(15,3)4/h14-16H,5-13,19H2,1-4H3,(H,20,21). The van der Waals surface area contributed by atoms with Crippen molar-refractivity contribution >= 4 is 5.91 Å². The molecule has 3 unspecified atom stereocenters. The van der Waals surface area contributed by atoms with Crippen molar-refractivity contribution in [1.29, 1.82) is 0 Å². The fourth-order valence-corrected chi connectivity index (χ4v) is 3.56. The lowest BCUT2D eigenvalue weighted by Gasteiger charge is -2.46. The van der Waals surface area contributed by atoms with Crippen LogP contribution in [0, 0.1) is 17.3 Å². The Bertz CT molecular complexity index is 314. The zero-order valence-corrected chi connectivity index (χ0v) is 14.6. The van der Waals surface area contributed by atoms with E-state index in [-0.39, 0.29) is 23.3 Å². The lowest BCUT2D eigenvalue weighted by Crippen LogP contribution is -2.51. The maximum Gasteiger partial charge on any atom is 0.223 e. The molecule has 1 rings (SSSR count). The van der Waals surface area contributed by atoms with Gasteiger partial charge in [0.05, 0.1) is 0 Å².